The third kappa shape index (κ3) is 3.51. The zero-order chi connectivity index (χ0) is 19.6. The molecule has 0 bridgehead atoms. The summed E-state index contributed by atoms with van der Waals surface area (Å²) < 4.78 is 7.86. The van der Waals surface area contributed by atoms with Crippen LogP contribution in [-0.4, -0.2) is 33.6 Å². The number of aromatic nitrogens is 1. The highest BCUT2D eigenvalue weighted by molar-refractivity contribution is 6.08. The molecule has 0 unspecified atom stereocenters. The van der Waals surface area contributed by atoms with Crippen molar-refractivity contribution < 1.29 is 14.1 Å². The Morgan fingerprint density at radius 1 is 0.931 bits per heavy atom. The first-order valence-corrected chi connectivity index (χ1v) is 10.0. The van der Waals surface area contributed by atoms with E-state index in [4.69, 9.17) is 9.41 Å². The van der Waals surface area contributed by atoms with Crippen molar-refractivity contribution in [3.63, 3.8) is 0 Å². The molecular weight excluding hydrogens is 362 g/mol. The van der Waals surface area contributed by atoms with Crippen LogP contribution in [0.25, 0.3) is 23.6 Å². The molecule has 29 heavy (non-hydrogen) atoms. The largest absolute Gasteiger partial charge is 0.479 e. The monoisotopic (exact) mass is 384 g/mol. The van der Waals surface area contributed by atoms with Crippen LogP contribution >= 0.6 is 0 Å². The first kappa shape index (κ1) is 17.6. The Morgan fingerprint density at radius 3 is 2.52 bits per heavy atom. The molecule has 0 atom stereocenters. The number of benzene rings is 2. The second-order valence-electron chi connectivity index (χ2n) is 7.36. The fourth-order valence-corrected chi connectivity index (χ4v) is 3.86. The third-order valence-corrected chi connectivity index (χ3v) is 5.34. The molecule has 5 heteroatoms. The van der Waals surface area contributed by atoms with Gasteiger partial charge in [0.1, 0.15) is 5.69 Å². The van der Waals surface area contributed by atoms with E-state index in [9.17, 15) is 5.11 Å². The van der Waals surface area contributed by atoms with Crippen molar-refractivity contribution in [2.24, 2.45) is 4.99 Å². The molecule has 0 saturated carbocycles. The molecule has 1 saturated heterocycles. The van der Waals surface area contributed by atoms with Crippen molar-refractivity contribution in [2.75, 3.05) is 13.1 Å². The zero-order valence-corrected chi connectivity index (χ0v) is 16.1. The van der Waals surface area contributed by atoms with Crippen LogP contribution in [-0.2, 0) is 0 Å². The minimum atomic E-state index is -0.179. The summed E-state index contributed by atoms with van der Waals surface area (Å²) in [7, 11) is 0. The summed E-state index contributed by atoms with van der Waals surface area (Å²) >= 11 is 0. The SMILES string of the molecule is Oc1oc(-c2ccccc2)nc1/C=C1\C=c2ccccc2=NC1=[N+]1CCCCC1. The summed E-state index contributed by atoms with van der Waals surface area (Å²) in [5.41, 5.74) is 2.18. The predicted octanol–water partition coefficient (Wildman–Crippen LogP) is 3.14. The van der Waals surface area contributed by atoms with E-state index in [1.54, 1.807) is 0 Å². The number of hydrogen-bond donors (Lipinski definition) is 1. The standard InChI is InChI=1S/C24H21N3O2/c28-24-21(26-23(29-24)17-9-3-1-4-10-17)16-19-15-18-11-5-6-12-20(18)25-22(19)27-13-7-2-8-14-27/h1,3-6,9-12,15-16H,2,7-8,13-14H2/p+1. The van der Waals surface area contributed by atoms with Crippen LogP contribution in [0.4, 0.5) is 0 Å². The number of rotatable bonds is 2. The van der Waals surface area contributed by atoms with E-state index in [0.717, 1.165) is 40.6 Å². The Morgan fingerprint density at radius 2 is 1.69 bits per heavy atom. The van der Waals surface area contributed by atoms with Crippen molar-refractivity contribution >= 4 is 18.0 Å². The number of para-hydroxylation sites is 1. The van der Waals surface area contributed by atoms with E-state index in [2.05, 4.69) is 21.7 Å². The Balaban J connectivity index is 1.64. The van der Waals surface area contributed by atoms with E-state index in [-0.39, 0.29) is 5.95 Å². The highest BCUT2D eigenvalue weighted by Gasteiger charge is 2.24. The van der Waals surface area contributed by atoms with Gasteiger partial charge in [0, 0.05) is 10.8 Å². The van der Waals surface area contributed by atoms with E-state index >= 15 is 0 Å². The molecule has 0 spiro atoms. The summed E-state index contributed by atoms with van der Waals surface area (Å²) in [6, 6.07) is 17.7. The Labute approximate surface area is 168 Å². The van der Waals surface area contributed by atoms with Crippen LogP contribution in [0.15, 0.2) is 69.6 Å². The normalized spacial score (nSPS) is 17.6. The molecule has 0 aliphatic carbocycles. The molecule has 1 aromatic heterocycles. The Bertz CT molecular complexity index is 1230. The van der Waals surface area contributed by atoms with Crippen LogP contribution in [0, 0.1) is 0 Å². The summed E-state index contributed by atoms with van der Waals surface area (Å²) in [6.07, 6.45) is 7.58. The van der Waals surface area contributed by atoms with E-state index in [1.165, 1.54) is 19.3 Å². The van der Waals surface area contributed by atoms with Gasteiger partial charge in [-0.2, -0.15) is 0 Å². The number of piperidine rings is 1. The van der Waals surface area contributed by atoms with Gasteiger partial charge in [-0.3, -0.25) is 4.58 Å². The summed E-state index contributed by atoms with van der Waals surface area (Å²) in [4.78, 5) is 9.47. The van der Waals surface area contributed by atoms with Gasteiger partial charge < -0.3 is 9.52 Å². The molecule has 2 aliphatic heterocycles. The fraction of sp³-hybridized carbons (Fsp3) is 0.208. The quantitative estimate of drug-likeness (QED) is 0.691. The summed E-state index contributed by atoms with van der Waals surface area (Å²) in [6.45, 7) is 1.98. The van der Waals surface area contributed by atoms with Crippen molar-refractivity contribution in [3.8, 4) is 17.4 Å². The molecule has 3 aromatic rings. The molecule has 5 rings (SSSR count). The van der Waals surface area contributed by atoms with Gasteiger partial charge >= 0.3 is 11.8 Å². The number of fused-ring (bicyclic) bond motifs is 1. The fourth-order valence-electron chi connectivity index (χ4n) is 3.86. The van der Waals surface area contributed by atoms with Crippen molar-refractivity contribution in [2.45, 2.75) is 19.3 Å². The van der Waals surface area contributed by atoms with Gasteiger partial charge in [0.15, 0.2) is 5.36 Å². The van der Waals surface area contributed by atoms with Gasteiger partial charge in [0.25, 0.3) is 0 Å². The molecule has 0 radical (unpaired) electrons. The first-order valence-electron chi connectivity index (χ1n) is 10.0. The van der Waals surface area contributed by atoms with Crippen LogP contribution in [0.1, 0.15) is 25.0 Å². The van der Waals surface area contributed by atoms with Gasteiger partial charge in [-0.05, 0) is 54.6 Å². The first-order chi connectivity index (χ1) is 14.3. The molecule has 0 amide bonds. The zero-order valence-electron chi connectivity index (χ0n) is 16.1. The van der Waals surface area contributed by atoms with E-state index < -0.39 is 0 Å². The highest BCUT2D eigenvalue weighted by Crippen LogP contribution is 2.28. The maximum absolute atomic E-state index is 10.4. The molecule has 1 fully saturated rings. The predicted molar refractivity (Wildman–Crippen MR) is 112 cm³/mol. The minimum absolute atomic E-state index is 0.179. The molecule has 5 nitrogen and oxygen atoms in total. The number of oxazole rings is 1. The summed E-state index contributed by atoms with van der Waals surface area (Å²) in [5, 5.41) is 12.4. The molecule has 2 aromatic carbocycles. The molecule has 144 valence electrons. The van der Waals surface area contributed by atoms with Crippen molar-refractivity contribution in [1.29, 1.82) is 0 Å². The third-order valence-electron chi connectivity index (χ3n) is 5.34. The second-order valence-corrected chi connectivity index (χ2v) is 7.36. The van der Waals surface area contributed by atoms with Gasteiger partial charge in [0.05, 0.1) is 18.7 Å². The lowest BCUT2D eigenvalue weighted by Crippen LogP contribution is -2.35. The van der Waals surface area contributed by atoms with E-state index in [1.807, 2.05) is 54.6 Å². The highest BCUT2D eigenvalue weighted by atomic mass is 16.5. The van der Waals surface area contributed by atoms with Crippen LogP contribution in [0.2, 0.25) is 0 Å². The number of hydrogen-bond acceptors (Lipinski definition) is 3. The summed E-state index contributed by atoms with van der Waals surface area (Å²) in [5.74, 6) is 1.16. The smallest absolute Gasteiger partial charge is 0.326 e. The van der Waals surface area contributed by atoms with Gasteiger partial charge in [-0.15, -0.1) is 0 Å². The molecule has 3 heterocycles. The Hall–Kier alpha value is -3.47. The van der Waals surface area contributed by atoms with Crippen molar-refractivity contribution in [3.05, 3.63) is 76.4 Å². The Kier molecular flexibility index (Phi) is 4.56. The average Bonchev–Trinajstić information content (AvgIpc) is 3.15. The van der Waals surface area contributed by atoms with Crippen LogP contribution in [0.5, 0.6) is 5.95 Å². The average molecular weight is 384 g/mol. The molecular formula is C24H22N3O2+. The van der Waals surface area contributed by atoms with Crippen LogP contribution < -0.4 is 10.6 Å². The maximum Gasteiger partial charge on any atom is 0.326 e. The molecule has 2 aliphatic rings. The van der Waals surface area contributed by atoms with Crippen molar-refractivity contribution in [1.82, 2.24) is 4.98 Å². The number of nitrogens with zero attached hydrogens (tertiary/aromatic N) is 3. The van der Waals surface area contributed by atoms with Crippen LogP contribution in [0.3, 0.4) is 0 Å². The van der Waals surface area contributed by atoms with Gasteiger partial charge in [-0.1, -0.05) is 36.4 Å². The lowest BCUT2D eigenvalue weighted by Gasteiger charge is -2.15. The minimum Gasteiger partial charge on any atom is -0.479 e. The van der Waals surface area contributed by atoms with Gasteiger partial charge in [-0.25, -0.2) is 4.98 Å². The lowest BCUT2D eigenvalue weighted by molar-refractivity contribution is -0.537. The topological polar surface area (TPSA) is 61.6 Å². The van der Waals surface area contributed by atoms with E-state index in [0.29, 0.717) is 11.6 Å². The molecule has 1 N–H and O–H groups in total. The number of amidine groups is 1. The number of aromatic hydroxyl groups is 1. The maximum atomic E-state index is 10.4. The van der Waals surface area contributed by atoms with Gasteiger partial charge in [0.2, 0.25) is 5.89 Å². The lowest BCUT2D eigenvalue weighted by atomic mass is 10.1. The second kappa shape index (κ2) is 7.51.